The fourth-order valence-corrected chi connectivity index (χ4v) is 4.01. The summed E-state index contributed by atoms with van der Waals surface area (Å²) in [6, 6.07) is 13.7. The first-order valence-corrected chi connectivity index (χ1v) is 9.80. The third-order valence-electron chi connectivity index (χ3n) is 5.47. The lowest BCUT2D eigenvalue weighted by molar-refractivity contribution is -0.117. The van der Waals surface area contributed by atoms with E-state index in [1.165, 1.54) is 0 Å². The number of methoxy groups -OCH3 is 1. The molecule has 4 rings (SSSR count). The van der Waals surface area contributed by atoms with E-state index in [4.69, 9.17) is 4.74 Å². The number of hydrogen-bond donors (Lipinski definition) is 1. The van der Waals surface area contributed by atoms with Crippen molar-refractivity contribution in [3.05, 3.63) is 59.3 Å². The van der Waals surface area contributed by atoms with Crippen LogP contribution in [-0.2, 0) is 18.4 Å². The van der Waals surface area contributed by atoms with Crippen LogP contribution in [0.25, 0.3) is 10.9 Å². The van der Waals surface area contributed by atoms with Gasteiger partial charge in [0, 0.05) is 31.9 Å². The van der Waals surface area contributed by atoms with Gasteiger partial charge >= 0.3 is 0 Å². The number of nitrogens with one attached hydrogen (secondary N) is 1. The largest absolute Gasteiger partial charge is 0.497 e. The summed E-state index contributed by atoms with van der Waals surface area (Å²) < 4.78 is 7.14. The van der Waals surface area contributed by atoms with Crippen LogP contribution >= 0.6 is 0 Å². The molecule has 1 saturated heterocycles. The van der Waals surface area contributed by atoms with E-state index in [1.54, 1.807) is 12.0 Å². The van der Waals surface area contributed by atoms with Crippen LogP contribution in [0.5, 0.6) is 5.75 Å². The molecule has 0 atom stereocenters. The van der Waals surface area contributed by atoms with Crippen molar-refractivity contribution in [1.29, 1.82) is 0 Å². The van der Waals surface area contributed by atoms with Crippen molar-refractivity contribution in [2.75, 3.05) is 18.6 Å². The molecule has 1 N–H and O–H groups in total. The molecule has 150 valence electrons. The van der Waals surface area contributed by atoms with Gasteiger partial charge in [-0.25, -0.2) is 0 Å². The van der Waals surface area contributed by atoms with E-state index in [0.717, 1.165) is 39.9 Å². The lowest BCUT2D eigenvalue weighted by atomic mass is 10.1. The summed E-state index contributed by atoms with van der Waals surface area (Å²) in [5.74, 6) is 0.625. The van der Waals surface area contributed by atoms with Gasteiger partial charge in [-0.15, -0.1) is 0 Å². The third-order valence-corrected chi connectivity index (χ3v) is 5.47. The monoisotopic (exact) mass is 391 g/mol. The topological polar surface area (TPSA) is 63.6 Å². The summed E-state index contributed by atoms with van der Waals surface area (Å²) in [6.45, 7) is 3.04. The molecule has 1 fully saturated rings. The summed E-state index contributed by atoms with van der Waals surface area (Å²) >= 11 is 0. The van der Waals surface area contributed by atoms with E-state index in [0.29, 0.717) is 25.2 Å². The number of fused-ring (bicyclic) bond motifs is 1. The number of benzene rings is 2. The molecule has 0 spiro atoms. The standard InChI is InChI=1S/C23H25N3O3/c1-15-9-10-19-18(12-15)21(26-11-5-8-20(26)27)22(25(19)2)23(28)24-14-16-6-4-7-17(13-16)29-3/h4,6-7,9-10,12-13H,5,8,11,14H2,1-3H3,(H,24,28). The molecule has 29 heavy (non-hydrogen) atoms. The van der Waals surface area contributed by atoms with Crippen LogP contribution in [0.15, 0.2) is 42.5 Å². The van der Waals surface area contributed by atoms with Gasteiger partial charge in [0.05, 0.1) is 18.3 Å². The van der Waals surface area contributed by atoms with Gasteiger partial charge in [-0.05, 0) is 43.2 Å². The molecule has 2 heterocycles. The number of rotatable bonds is 5. The Kier molecular flexibility index (Phi) is 5.01. The number of anilines is 1. The molecule has 1 aliphatic rings. The van der Waals surface area contributed by atoms with Crippen LogP contribution in [0.1, 0.15) is 34.5 Å². The number of aryl methyl sites for hydroxylation is 2. The molecular weight excluding hydrogens is 366 g/mol. The van der Waals surface area contributed by atoms with Gasteiger partial charge in [0.1, 0.15) is 11.4 Å². The first kappa shape index (κ1) is 19.1. The number of nitrogens with zero attached hydrogens (tertiary/aromatic N) is 2. The zero-order valence-electron chi connectivity index (χ0n) is 17.0. The molecule has 0 saturated carbocycles. The molecule has 6 heteroatoms. The van der Waals surface area contributed by atoms with Gasteiger partial charge in [0.2, 0.25) is 5.91 Å². The SMILES string of the molecule is COc1cccc(CNC(=O)c2c(N3CCCC3=O)c3cc(C)ccc3n2C)c1. The molecule has 1 aliphatic heterocycles. The predicted molar refractivity (Wildman–Crippen MR) is 113 cm³/mol. The highest BCUT2D eigenvalue weighted by atomic mass is 16.5. The van der Waals surface area contributed by atoms with Crippen molar-refractivity contribution in [2.24, 2.45) is 7.05 Å². The fraction of sp³-hybridized carbons (Fsp3) is 0.304. The molecule has 0 aliphatic carbocycles. The maximum absolute atomic E-state index is 13.2. The van der Waals surface area contributed by atoms with Crippen molar-refractivity contribution in [3.8, 4) is 5.75 Å². The number of amides is 2. The third kappa shape index (κ3) is 3.46. The number of carbonyl (C=O) groups excluding carboxylic acids is 2. The highest BCUT2D eigenvalue weighted by molar-refractivity contribution is 6.14. The van der Waals surface area contributed by atoms with Crippen LogP contribution in [0.2, 0.25) is 0 Å². The highest BCUT2D eigenvalue weighted by Gasteiger charge is 2.31. The second-order valence-corrected chi connectivity index (χ2v) is 7.46. The highest BCUT2D eigenvalue weighted by Crippen LogP contribution is 2.36. The molecule has 2 amide bonds. The Bertz CT molecular complexity index is 1100. The Hall–Kier alpha value is -3.28. The minimum absolute atomic E-state index is 0.0702. The van der Waals surface area contributed by atoms with Crippen molar-refractivity contribution in [1.82, 2.24) is 9.88 Å². The van der Waals surface area contributed by atoms with E-state index in [2.05, 4.69) is 11.4 Å². The fourth-order valence-electron chi connectivity index (χ4n) is 4.01. The molecular formula is C23H25N3O3. The quantitative estimate of drug-likeness (QED) is 0.723. The van der Waals surface area contributed by atoms with Crippen LogP contribution in [0.3, 0.4) is 0 Å². The lowest BCUT2D eigenvalue weighted by Gasteiger charge is -2.18. The first-order valence-electron chi connectivity index (χ1n) is 9.80. The summed E-state index contributed by atoms with van der Waals surface area (Å²) in [4.78, 5) is 27.5. The Morgan fingerprint density at radius 2 is 2.03 bits per heavy atom. The van der Waals surface area contributed by atoms with E-state index in [9.17, 15) is 9.59 Å². The summed E-state index contributed by atoms with van der Waals surface area (Å²) in [6.07, 6.45) is 1.33. The molecule has 6 nitrogen and oxygen atoms in total. The van der Waals surface area contributed by atoms with Gasteiger partial charge in [-0.2, -0.15) is 0 Å². The van der Waals surface area contributed by atoms with E-state index < -0.39 is 0 Å². The lowest BCUT2D eigenvalue weighted by Crippen LogP contribution is -2.30. The normalized spacial score (nSPS) is 13.9. The van der Waals surface area contributed by atoms with Crippen LogP contribution < -0.4 is 15.0 Å². The van der Waals surface area contributed by atoms with Gasteiger partial charge in [0.15, 0.2) is 0 Å². The molecule has 3 aromatic rings. The Balaban J connectivity index is 1.72. The molecule has 0 bridgehead atoms. The Morgan fingerprint density at radius 1 is 1.21 bits per heavy atom. The van der Waals surface area contributed by atoms with Gasteiger partial charge in [-0.1, -0.05) is 23.8 Å². The number of hydrogen-bond acceptors (Lipinski definition) is 3. The van der Waals surface area contributed by atoms with Crippen LogP contribution in [0, 0.1) is 6.92 Å². The number of carbonyl (C=O) groups is 2. The molecule has 1 aromatic heterocycles. The number of aromatic nitrogens is 1. The molecule has 2 aromatic carbocycles. The Labute approximate surface area is 170 Å². The van der Waals surface area contributed by atoms with Crippen molar-refractivity contribution in [2.45, 2.75) is 26.3 Å². The van der Waals surface area contributed by atoms with Crippen LogP contribution in [0.4, 0.5) is 5.69 Å². The maximum Gasteiger partial charge on any atom is 0.270 e. The minimum Gasteiger partial charge on any atom is -0.497 e. The predicted octanol–water partition coefficient (Wildman–Crippen LogP) is 3.55. The summed E-state index contributed by atoms with van der Waals surface area (Å²) in [7, 11) is 3.50. The van der Waals surface area contributed by atoms with Gasteiger partial charge in [-0.3, -0.25) is 9.59 Å². The maximum atomic E-state index is 13.2. The van der Waals surface area contributed by atoms with E-state index in [-0.39, 0.29) is 11.8 Å². The van der Waals surface area contributed by atoms with Crippen molar-refractivity contribution in [3.63, 3.8) is 0 Å². The summed E-state index contributed by atoms with van der Waals surface area (Å²) in [5, 5.41) is 3.95. The average molecular weight is 391 g/mol. The molecule has 0 unspecified atom stereocenters. The average Bonchev–Trinajstić information content (AvgIpc) is 3.26. The van der Waals surface area contributed by atoms with Crippen molar-refractivity contribution >= 4 is 28.4 Å². The van der Waals surface area contributed by atoms with Gasteiger partial charge in [0.25, 0.3) is 5.91 Å². The van der Waals surface area contributed by atoms with E-state index in [1.807, 2.05) is 54.9 Å². The second kappa shape index (κ2) is 7.62. The summed E-state index contributed by atoms with van der Waals surface area (Å²) in [5.41, 5.74) is 4.22. The second-order valence-electron chi connectivity index (χ2n) is 7.46. The zero-order valence-corrected chi connectivity index (χ0v) is 17.0. The zero-order chi connectivity index (χ0) is 20.5. The van der Waals surface area contributed by atoms with E-state index >= 15 is 0 Å². The first-order chi connectivity index (χ1) is 14.0. The Morgan fingerprint density at radius 3 is 2.76 bits per heavy atom. The van der Waals surface area contributed by atoms with Crippen LogP contribution in [-0.4, -0.2) is 30.0 Å². The van der Waals surface area contributed by atoms with Gasteiger partial charge < -0.3 is 19.5 Å². The minimum atomic E-state index is -0.195. The van der Waals surface area contributed by atoms with Crippen molar-refractivity contribution < 1.29 is 14.3 Å². The smallest absolute Gasteiger partial charge is 0.270 e. The number of ether oxygens (including phenoxy) is 1. The molecule has 0 radical (unpaired) electrons.